The Balaban J connectivity index is 1.57. The van der Waals surface area contributed by atoms with E-state index in [1.54, 1.807) is 18.2 Å². The largest absolute Gasteiger partial charge is 0.378 e. The summed E-state index contributed by atoms with van der Waals surface area (Å²) in [6, 6.07) is 6.66. The minimum absolute atomic E-state index is 0.0808. The summed E-state index contributed by atoms with van der Waals surface area (Å²) in [6.07, 6.45) is 5.09. The Labute approximate surface area is 164 Å². The van der Waals surface area contributed by atoms with Gasteiger partial charge in [-0.05, 0) is 25.0 Å². The molecular formula is C19H27N7O2. The van der Waals surface area contributed by atoms with Crippen LogP contribution in [0.3, 0.4) is 0 Å². The molecule has 1 aliphatic heterocycles. The van der Waals surface area contributed by atoms with E-state index in [2.05, 4.69) is 33.8 Å². The molecule has 0 aliphatic carbocycles. The summed E-state index contributed by atoms with van der Waals surface area (Å²) in [7, 11) is 1.94. The Morgan fingerprint density at radius 3 is 2.96 bits per heavy atom. The molecule has 1 aromatic heterocycles. The smallest absolute Gasteiger partial charge is 0.292 e. The predicted molar refractivity (Wildman–Crippen MR) is 110 cm³/mol. The van der Waals surface area contributed by atoms with Crippen molar-refractivity contribution in [2.75, 3.05) is 38.0 Å². The number of nitrogens with one attached hydrogen (secondary N) is 2. The first-order chi connectivity index (χ1) is 13.6. The number of aryl methyl sites for hydroxylation is 1. The van der Waals surface area contributed by atoms with Gasteiger partial charge in [0.2, 0.25) is 0 Å². The first kappa shape index (κ1) is 19.7. The number of likely N-dealkylation sites (tertiary alicyclic amines) is 1. The monoisotopic (exact) mass is 385 g/mol. The molecule has 1 fully saturated rings. The molecule has 9 heteroatoms. The lowest BCUT2D eigenvalue weighted by Gasteiger charge is -2.21. The van der Waals surface area contributed by atoms with Crippen LogP contribution in [0.15, 0.2) is 41.7 Å². The fraction of sp³-hybridized carbons (Fsp3) is 0.474. The van der Waals surface area contributed by atoms with Crippen LogP contribution in [-0.2, 0) is 7.05 Å². The van der Waals surface area contributed by atoms with Crippen molar-refractivity contribution in [2.24, 2.45) is 12.0 Å². The molecule has 0 amide bonds. The second-order valence-corrected chi connectivity index (χ2v) is 6.82. The van der Waals surface area contributed by atoms with Crippen molar-refractivity contribution in [3.8, 4) is 0 Å². The summed E-state index contributed by atoms with van der Waals surface area (Å²) in [5, 5.41) is 21.8. The third-order valence-corrected chi connectivity index (χ3v) is 4.81. The normalized spacial score (nSPS) is 17.0. The Morgan fingerprint density at radius 2 is 2.25 bits per heavy atom. The molecule has 9 nitrogen and oxygen atoms in total. The summed E-state index contributed by atoms with van der Waals surface area (Å²) < 4.78 is 1.84. The van der Waals surface area contributed by atoms with Gasteiger partial charge in [0.05, 0.1) is 17.7 Å². The van der Waals surface area contributed by atoms with Crippen molar-refractivity contribution in [1.82, 2.24) is 20.0 Å². The number of nitro benzene ring substituents is 1. The predicted octanol–water partition coefficient (Wildman–Crippen LogP) is 2.20. The van der Waals surface area contributed by atoms with Crippen molar-refractivity contribution >= 4 is 17.3 Å². The Kier molecular flexibility index (Phi) is 6.46. The van der Waals surface area contributed by atoms with Crippen molar-refractivity contribution in [3.05, 3.63) is 52.3 Å². The standard InChI is InChI=1S/C19H27N7O2/c1-3-20-19(25-11-8-15(14-25)16-12-23-24(2)13-16)22-10-9-21-17-6-4-5-7-18(17)26(27)28/h4-7,12-13,15,21H,3,8-11,14H2,1-2H3,(H,20,22). The summed E-state index contributed by atoms with van der Waals surface area (Å²) in [5.41, 5.74) is 1.86. The van der Waals surface area contributed by atoms with Crippen LogP contribution >= 0.6 is 0 Å². The molecule has 150 valence electrons. The van der Waals surface area contributed by atoms with Crippen LogP contribution in [0.5, 0.6) is 0 Å². The van der Waals surface area contributed by atoms with Crippen molar-refractivity contribution < 1.29 is 4.92 Å². The van der Waals surface area contributed by atoms with Crippen molar-refractivity contribution in [1.29, 1.82) is 0 Å². The number of nitrogens with zero attached hydrogens (tertiary/aromatic N) is 5. The molecule has 0 bridgehead atoms. The second-order valence-electron chi connectivity index (χ2n) is 6.82. The maximum Gasteiger partial charge on any atom is 0.292 e. The number of hydrogen-bond donors (Lipinski definition) is 2. The molecule has 1 atom stereocenters. The number of aromatic nitrogens is 2. The van der Waals surface area contributed by atoms with Crippen molar-refractivity contribution in [3.63, 3.8) is 0 Å². The third kappa shape index (κ3) is 4.79. The molecule has 3 rings (SSSR count). The summed E-state index contributed by atoms with van der Waals surface area (Å²) >= 11 is 0. The van der Waals surface area contributed by atoms with Crippen molar-refractivity contribution in [2.45, 2.75) is 19.3 Å². The van der Waals surface area contributed by atoms with E-state index in [1.807, 2.05) is 17.9 Å². The first-order valence-corrected chi connectivity index (χ1v) is 9.57. The molecule has 1 saturated heterocycles. The Bertz CT molecular complexity index is 833. The molecule has 2 aromatic rings. The van der Waals surface area contributed by atoms with Crippen LogP contribution in [-0.4, -0.2) is 58.3 Å². The minimum Gasteiger partial charge on any atom is -0.378 e. The first-order valence-electron chi connectivity index (χ1n) is 9.57. The number of aliphatic imine (C=N–C) groups is 1. The summed E-state index contributed by atoms with van der Waals surface area (Å²) in [6.45, 7) is 5.76. The van der Waals surface area contributed by atoms with Gasteiger partial charge >= 0.3 is 0 Å². The maximum atomic E-state index is 11.1. The molecule has 2 N–H and O–H groups in total. The lowest BCUT2D eigenvalue weighted by atomic mass is 10.0. The number of nitro groups is 1. The lowest BCUT2D eigenvalue weighted by molar-refractivity contribution is -0.384. The summed E-state index contributed by atoms with van der Waals surface area (Å²) in [4.78, 5) is 17.7. The zero-order chi connectivity index (χ0) is 19.9. The number of para-hydroxylation sites is 2. The maximum absolute atomic E-state index is 11.1. The fourth-order valence-corrected chi connectivity index (χ4v) is 3.44. The number of rotatable bonds is 7. The quantitative estimate of drug-likeness (QED) is 0.249. The number of hydrogen-bond acceptors (Lipinski definition) is 5. The van der Waals surface area contributed by atoms with E-state index in [9.17, 15) is 10.1 Å². The molecule has 0 spiro atoms. The number of benzene rings is 1. The molecular weight excluding hydrogens is 358 g/mol. The highest BCUT2D eigenvalue weighted by Crippen LogP contribution is 2.26. The topological polar surface area (TPSA) is 101 Å². The van der Waals surface area contributed by atoms with E-state index in [1.165, 1.54) is 11.6 Å². The van der Waals surface area contributed by atoms with Crippen LogP contribution in [0.4, 0.5) is 11.4 Å². The van der Waals surface area contributed by atoms with Gasteiger partial charge in [-0.25, -0.2) is 0 Å². The Morgan fingerprint density at radius 1 is 1.43 bits per heavy atom. The Hall–Kier alpha value is -3.10. The highest BCUT2D eigenvalue weighted by atomic mass is 16.6. The SMILES string of the molecule is CCNC(=NCCNc1ccccc1[N+](=O)[O-])N1CCC(c2cnn(C)c2)C1. The fourth-order valence-electron chi connectivity index (χ4n) is 3.44. The van der Waals surface area contributed by atoms with Crippen LogP contribution in [0.2, 0.25) is 0 Å². The van der Waals surface area contributed by atoms with E-state index in [0.717, 1.165) is 32.0 Å². The molecule has 28 heavy (non-hydrogen) atoms. The zero-order valence-electron chi connectivity index (χ0n) is 16.3. The molecule has 1 aromatic carbocycles. The molecule has 1 unspecified atom stereocenters. The van der Waals surface area contributed by atoms with E-state index in [-0.39, 0.29) is 10.6 Å². The van der Waals surface area contributed by atoms with E-state index in [0.29, 0.717) is 24.7 Å². The zero-order valence-corrected chi connectivity index (χ0v) is 16.3. The van der Waals surface area contributed by atoms with Gasteiger partial charge in [0.25, 0.3) is 5.69 Å². The number of guanidine groups is 1. The summed E-state index contributed by atoms with van der Waals surface area (Å²) in [5.74, 6) is 1.35. The van der Waals surface area contributed by atoms with E-state index < -0.39 is 0 Å². The van der Waals surface area contributed by atoms with Gasteiger partial charge in [-0.15, -0.1) is 0 Å². The lowest BCUT2D eigenvalue weighted by Crippen LogP contribution is -2.40. The molecule has 0 saturated carbocycles. The average molecular weight is 385 g/mol. The second kappa shape index (κ2) is 9.20. The van der Waals surface area contributed by atoms with E-state index >= 15 is 0 Å². The van der Waals surface area contributed by atoms with Gasteiger partial charge in [-0.2, -0.15) is 5.10 Å². The van der Waals surface area contributed by atoms with Gasteiger partial charge in [0, 0.05) is 51.4 Å². The molecule has 0 radical (unpaired) electrons. The average Bonchev–Trinajstić information content (AvgIpc) is 3.33. The molecule has 2 heterocycles. The van der Waals surface area contributed by atoms with Gasteiger partial charge in [0.15, 0.2) is 5.96 Å². The van der Waals surface area contributed by atoms with Crippen LogP contribution < -0.4 is 10.6 Å². The minimum atomic E-state index is -0.377. The highest BCUT2D eigenvalue weighted by molar-refractivity contribution is 5.80. The van der Waals surface area contributed by atoms with Gasteiger partial charge in [0.1, 0.15) is 5.69 Å². The van der Waals surface area contributed by atoms with Gasteiger partial charge in [-0.1, -0.05) is 12.1 Å². The molecule has 1 aliphatic rings. The van der Waals surface area contributed by atoms with Crippen LogP contribution in [0.1, 0.15) is 24.8 Å². The van der Waals surface area contributed by atoms with E-state index in [4.69, 9.17) is 4.99 Å². The van der Waals surface area contributed by atoms with Gasteiger partial charge in [-0.3, -0.25) is 19.8 Å². The third-order valence-electron chi connectivity index (χ3n) is 4.81. The van der Waals surface area contributed by atoms with Gasteiger partial charge < -0.3 is 15.5 Å². The number of anilines is 1. The highest BCUT2D eigenvalue weighted by Gasteiger charge is 2.26. The van der Waals surface area contributed by atoms with Crippen LogP contribution in [0, 0.1) is 10.1 Å². The van der Waals surface area contributed by atoms with Crippen LogP contribution in [0.25, 0.3) is 0 Å².